The summed E-state index contributed by atoms with van der Waals surface area (Å²) in [5.74, 6) is -1.08. The molecule has 7 heteroatoms. The molecule has 1 aliphatic heterocycles. The first kappa shape index (κ1) is 17.9. The van der Waals surface area contributed by atoms with E-state index in [0.717, 1.165) is 11.6 Å². The molecule has 0 unspecified atom stereocenters. The van der Waals surface area contributed by atoms with Gasteiger partial charge >= 0.3 is 0 Å². The lowest BCUT2D eigenvalue weighted by Crippen LogP contribution is -2.39. The quantitative estimate of drug-likeness (QED) is 0.822. The minimum atomic E-state index is -0.713. The molecule has 0 saturated carbocycles. The van der Waals surface area contributed by atoms with Crippen LogP contribution in [0, 0.1) is 5.82 Å². The van der Waals surface area contributed by atoms with Gasteiger partial charge in [0.25, 0.3) is 11.8 Å². The van der Waals surface area contributed by atoms with Crippen molar-refractivity contribution in [3.05, 3.63) is 65.0 Å². The Bertz CT molecular complexity index is 893. The molecule has 1 N–H and O–H groups in total. The molecular formula is C19H16ClFN2O3. The van der Waals surface area contributed by atoms with Gasteiger partial charge in [0, 0.05) is 12.2 Å². The topological polar surface area (TPSA) is 58.6 Å². The van der Waals surface area contributed by atoms with E-state index in [1.165, 1.54) is 17.0 Å². The Hall–Kier alpha value is -2.86. The summed E-state index contributed by atoms with van der Waals surface area (Å²) in [5, 5.41) is 2.62. The zero-order valence-corrected chi connectivity index (χ0v) is 14.8. The largest absolute Gasteiger partial charge is 0.482 e. The molecule has 0 fully saturated rings. The van der Waals surface area contributed by atoms with Crippen molar-refractivity contribution >= 4 is 34.8 Å². The van der Waals surface area contributed by atoms with E-state index in [2.05, 4.69) is 11.9 Å². The lowest BCUT2D eigenvalue weighted by Gasteiger charge is -2.30. The van der Waals surface area contributed by atoms with Crippen LogP contribution in [-0.2, 0) is 4.79 Å². The molecule has 0 spiro atoms. The Morgan fingerprint density at radius 2 is 2.15 bits per heavy atom. The number of rotatable bonds is 4. The van der Waals surface area contributed by atoms with Crippen LogP contribution in [0.3, 0.4) is 0 Å². The lowest BCUT2D eigenvalue weighted by atomic mass is 10.1. The molecule has 1 heterocycles. The summed E-state index contributed by atoms with van der Waals surface area (Å²) in [4.78, 5) is 26.1. The number of carbonyl (C=O) groups is 2. The number of carbonyl (C=O) groups excluding carboxylic acids is 2. The van der Waals surface area contributed by atoms with E-state index in [9.17, 15) is 14.0 Å². The molecule has 2 amide bonds. The highest BCUT2D eigenvalue weighted by molar-refractivity contribution is 6.34. The predicted molar refractivity (Wildman–Crippen MR) is 98.5 cm³/mol. The van der Waals surface area contributed by atoms with Crippen molar-refractivity contribution in [3.63, 3.8) is 0 Å². The minimum Gasteiger partial charge on any atom is -0.482 e. The number of nitrogens with one attached hydrogen (secondary N) is 1. The minimum absolute atomic E-state index is 0.0166. The molecule has 0 aliphatic carbocycles. The highest BCUT2D eigenvalue weighted by Gasteiger charge is 2.26. The van der Waals surface area contributed by atoms with Gasteiger partial charge in [-0.1, -0.05) is 29.8 Å². The third-order valence-electron chi connectivity index (χ3n) is 3.78. The van der Waals surface area contributed by atoms with Crippen LogP contribution < -0.4 is 15.0 Å². The third-order valence-corrected chi connectivity index (χ3v) is 4.09. The zero-order chi connectivity index (χ0) is 18.8. The molecule has 0 aromatic heterocycles. The Morgan fingerprint density at radius 3 is 2.85 bits per heavy atom. The second kappa shape index (κ2) is 7.17. The highest BCUT2D eigenvalue weighted by Crippen LogP contribution is 2.35. The SMILES string of the molecule is C=C(C)CN1C(=O)COc2ccc(NC(=O)c3c(F)cccc3Cl)cc21. The summed E-state index contributed by atoms with van der Waals surface area (Å²) in [7, 11) is 0. The molecule has 0 atom stereocenters. The van der Waals surface area contributed by atoms with Crippen LogP contribution in [0.2, 0.25) is 5.02 Å². The predicted octanol–water partition coefficient (Wildman–Crippen LogP) is 4.03. The van der Waals surface area contributed by atoms with E-state index in [4.69, 9.17) is 16.3 Å². The van der Waals surface area contributed by atoms with E-state index in [-0.39, 0.29) is 23.1 Å². The van der Waals surface area contributed by atoms with Crippen LogP contribution >= 0.6 is 11.6 Å². The fraction of sp³-hybridized carbons (Fsp3) is 0.158. The molecular weight excluding hydrogens is 359 g/mol. The molecule has 2 aromatic carbocycles. The Kier molecular flexibility index (Phi) is 4.95. The summed E-state index contributed by atoms with van der Waals surface area (Å²) in [6.07, 6.45) is 0. The molecule has 0 saturated heterocycles. The van der Waals surface area contributed by atoms with Gasteiger partial charge in [-0.15, -0.1) is 0 Å². The van der Waals surface area contributed by atoms with Gasteiger partial charge in [-0.2, -0.15) is 0 Å². The third kappa shape index (κ3) is 3.55. The van der Waals surface area contributed by atoms with Crippen LogP contribution in [0.25, 0.3) is 0 Å². The maximum Gasteiger partial charge on any atom is 0.265 e. The first-order valence-corrected chi connectivity index (χ1v) is 8.21. The number of anilines is 2. The van der Waals surface area contributed by atoms with Crippen molar-refractivity contribution in [2.24, 2.45) is 0 Å². The number of amides is 2. The lowest BCUT2D eigenvalue weighted by molar-refractivity contribution is -0.121. The van der Waals surface area contributed by atoms with Crippen LogP contribution in [0.15, 0.2) is 48.6 Å². The van der Waals surface area contributed by atoms with Crippen molar-refractivity contribution in [2.45, 2.75) is 6.92 Å². The number of benzene rings is 2. The van der Waals surface area contributed by atoms with Gasteiger partial charge in [0.05, 0.1) is 16.3 Å². The average Bonchev–Trinajstić information content (AvgIpc) is 2.57. The van der Waals surface area contributed by atoms with Crippen molar-refractivity contribution in [1.29, 1.82) is 0 Å². The molecule has 3 rings (SSSR count). The second-order valence-corrected chi connectivity index (χ2v) is 6.37. The van der Waals surface area contributed by atoms with E-state index < -0.39 is 11.7 Å². The van der Waals surface area contributed by atoms with E-state index in [1.807, 2.05) is 6.92 Å². The highest BCUT2D eigenvalue weighted by atomic mass is 35.5. The van der Waals surface area contributed by atoms with E-state index >= 15 is 0 Å². The molecule has 1 aliphatic rings. The van der Waals surface area contributed by atoms with Crippen LogP contribution in [0.1, 0.15) is 17.3 Å². The molecule has 0 radical (unpaired) electrons. The molecule has 134 valence electrons. The fourth-order valence-electron chi connectivity index (χ4n) is 2.63. The van der Waals surface area contributed by atoms with Crippen LogP contribution in [0.5, 0.6) is 5.75 Å². The number of halogens is 2. The van der Waals surface area contributed by atoms with Gasteiger partial charge in [-0.3, -0.25) is 9.59 Å². The van der Waals surface area contributed by atoms with Crippen molar-refractivity contribution in [3.8, 4) is 5.75 Å². The number of fused-ring (bicyclic) bond motifs is 1. The summed E-state index contributed by atoms with van der Waals surface area (Å²) >= 11 is 5.92. The Labute approximate surface area is 155 Å². The second-order valence-electron chi connectivity index (χ2n) is 5.96. The summed E-state index contributed by atoms with van der Waals surface area (Å²) in [6.45, 7) is 5.92. The summed E-state index contributed by atoms with van der Waals surface area (Å²) in [6, 6.07) is 8.88. The van der Waals surface area contributed by atoms with Gasteiger partial charge in [0.1, 0.15) is 11.6 Å². The number of hydrogen-bond donors (Lipinski definition) is 1. The smallest absolute Gasteiger partial charge is 0.265 e. The molecule has 0 bridgehead atoms. The Morgan fingerprint density at radius 1 is 1.38 bits per heavy atom. The maximum atomic E-state index is 13.9. The van der Waals surface area contributed by atoms with Gasteiger partial charge in [0.15, 0.2) is 6.61 Å². The number of hydrogen-bond acceptors (Lipinski definition) is 3. The van der Waals surface area contributed by atoms with Crippen LogP contribution in [0.4, 0.5) is 15.8 Å². The average molecular weight is 375 g/mol. The normalized spacial score (nSPS) is 13.0. The Balaban J connectivity index is 1.91. The van der Waals surface area contributed by atoms with Gasteiger partial charge in [-0.05, 0) is 37.3 Å². The summed E-state index contributed by atoms with van der Waals surface area (Å²) in [5.41, 5.74) is 1.47. The zero-order valence-electron chi connectivity index (χ0n) is 14.0. The maximum absolute atomic E-state index is 13.9. The molecule has 26 heavy (non-hydrogen) atoms. The first-order chi connectivity index (χ1) is 12.4. The van der Waals surface area contributed by atoms with E-state index in [1.54, 1.807) is 18.2 Å². The van der Waals surface area contributed by atoms with E-state index in [0.29, 0.717) is 23.7 Å². The van der Waals surface area contributed by atoms with Gasteiger partial charge in [0.2, 0.25) is 0 Å². The number of nitrogens with zero attached hydrogens (tertiary/aromatic N) is 1. The van der Waals surface area contributed by atoms with Crippen molar-refractivity contribution < 1.29 is 18.7 Å². The van der Waals surface area contributed by atoms with Gasteiger partial charge in [-0.25, -0.2) is 4.39 Å². The first-order valence-electron chi connectivity index (χ1n) is 7.84. The number of ether oxygens (including phenoxy) is 1. The monoisotopic (exact) mass is 374 g/mol. The summed E-state index contributed by atoms with van der Waals surface area (Å²) < 4.78 is 19.3. The fourth-order valence-corrected chi connectivity index (χ4v) is 2.88. The van der Waals surface area contributed by atoms with Crippen molar-refractivity contribution in [1.82, 2.24) is 0 Å². The van der Waals surface area contributed by atoms with Crippen molar-refractivity contribution in [2.75, 3.05) is 23.4 Å². The standard InChI is InChI=1S/C19H16ClFN2O3/c1-11(2)9-23-15-8-12(6-7-16(15)26-10-17(23)24)22-19(25)18-13(20)4-3-5-14(18)21/h3-8H,1,9-10H2,2H3,(H,22,25). The van der Waals surface area contributed by atoms with Crippen LogP contribution in [-0.4, -0.2) is 25.0 Å². The van der Waals surface area contributed by atoms with Gasteiger partial charge < -0.3 is 15.0 Å². The molecule has 2 aromatic rings. The molecule has 5 nitrogen and oxygen atoms in total.